The largest absolute Gasteiger partial charge is 0.383 e. The van der Waals surface area contributed by atoms with E-state index in [-0.39, 0.29) is 11.1 Å². The van der Waals surface area contributed by atoms with Gasteiger partial charge in [0.05, 0.1) is 5.39 Å². The zero-order chi connectivity index (χ0) is 28.3. The molecule has 0 aliphatic carbocycles. The SMILES string of the molecule is CN1CCN(CCn2cc(-c3ccc(NC(=O)c4cccn(-c5ccccc5)c4=O)cc3)c3c(N)ncnc32)CC1. The van der Waals surface area contributed by atoms with Crippen LogP contribution in [0.3, 0.4) is 0 Å². The summed E-state index contributed by atoms with van der Waals surface area (Å²) in [5, 5.41) is 3.67. The number of piperazine rings is 1. The molecule has 6 rings (SSSR count). The molecule has 3 aromatic heterocycles. The molecule has 4 heterocycles. The Morgan fingerprint density at radius 1 is 0.927 bits per heavy atom. The number of carbonyl (C=O) groups is 1. The van der Waals surface area contributed by atoms with Crippen LogP contribution in [0, 0.1) is 0 Å². The summed E-state index contributed by atoms with van der Waals surface area (Å²) in [5.74, 6) is -0.0364. The molecule has 0 atom stereocenters. The third-order valence-corrected chi connectivity index (χ3v) is 7.62. The number of nitrogen functional groups attached to an aromatic ring is 1. The molecule has 0 spiro atoms. The first-order valence-electron chi connectivity index (χ1n) is 13.7. The summed E-state index contributed by atoms with van der Waals surface area (Å²) in [4.78, 5) is 39.7. The fraction of sp³-hybridized carbons (Fsp3) is 0.226. The van der Waals surface area contributed by atoms with Gasteiger partial charge in [-0.2, -0.15) is 0 Å². The lowest BCUT2D eigenvalue weighted by atomic mass is 10.1. The average Bonchev–Trinajstić information content (AvgIpc) is 3.37. The van der Waals surface area contributed by atoms with Gasteiger partial charge in [-0.3, -0.25) is 19.1 Å². The number of nitrogens with two attached hydrogens (primary N) is 1. The van der Waals surface area contributed by atoms with E-state index in [1.165, 1.54) is 17.0 Å². The van der Waals surface area contributed by atoms with Crippen LogP contribution in [0.1, 0.15) is 10.4 Å². The molecule has 1 aliphatic rings. The molecule has 208 valence electrons. The van der Waals surface area contributed by atoms with Crippen LogP contribution in [0.15, 0.2) is 90.2 Å². The van der Waals surface area contributed by atoms with Gasteiger partial charge < -0.3 is 20.5 Å². The number of benzene rings is 2. The summed E-state index contributed by atoms with van der Waals surface area (Å²) >= 11 is 0. The number of aromatic nitrogens is 4. The lowest BCUT2D eigenvalue weighted by Crippen LogP contribution is -2.45. The molecule has 0 radical (unpaired) electrons. The Hall–Kier alpha value is -4.80. The Balaban J connectivity index is 1.22. The first-order chi connectivity index (χ1) is 20.0. The number of rotatable bonds is 7. The van der Waals surface area contributed by atoms with Gasteiger partial charge in [0, 0.05) is 68.6 Å². The number of hydrogen-bond donors (Lipinski definition) is 2. The summed E-state index contributed by atoms with van der Waals surface area (Å²) in [7, 11) is 2.16. The number of carbonyl (C=O) groups excluding carboxylic acids is 1. The second kappa shape index (κ2) is 11.4. The minimum Gasteiger partial charge on any atom is -0.383 e. The van der Waals surface area contributed by atoms with Gasteiger partial charge >= 0.3 is 0 Å². The van der Waals surface area contributed by atoms with Crippen LogP contribution < -0.4 is 16.6 Å². The van der Waals surface area contributed by atoms with Gasteiger partial charge in [-0.05, 0) is 49.0 Å². The van der Waals surface area contributed by atoms with Gasteiger partial charge in [0.2, 0.25) is 0 Å². The molecular weight excluding hydrogens is 516 g/mol. The van der Waals surface area contributed by atoms with Crippen LogP contribution in [0.25, 0.3) is 27.8 Å². The number of nitrogens with one attached hydrogen (secondary N) is 1. The Morgan fingerprint density at radius 3 is 2.44 bits per heavy atom. The molecule has 10 nitrogen and oxygen atoms in total. The van der Waals surface area contributed by atoms with Gasteiger partial charge in [-0.25, -0.2) is 9.97 Å². The molecule has 1 amide bonds. The molecule has 5 aromatic rings. The van der Waals surface area contributed by atoms with Crippen molar-refractivity contribution in [1.29, 1.82) is 0 Å². The van der Waals surface area contributed by atoms with E-state index in [1.54, 1.807) is 12.3 Å². The van der Waals surface area contributed by atoms with E-state index in [4.69, 9.17) is 5.73 Å². The molecule has 2 aromatic carbocycles. The molecule has 41 heavy (non-hydrogen) atoms. The van der Waals surface area contributed by atoms with Crippen molar-refractivity contribution in [3.63, 3.8) is 0 Å². The summed E-state index contributed by atoms with van der Waals surface area (Å²) in [6, 6.07) is 19.9. The van der Waals surface area contributed by atoms with Crippen molar-refractivity contribution in [3.05, 3.63) is 101 Å². The van der Waals surface area contributed by atoms with E-state index in [1.807, 2.05) is 54.6 Å². The number of nitrogens with zero attached hydrogens (tertiary/aromatic N) is 6. The highest BCUT2D eigenvalue weighted by atomic mass is 16.2. The third kappa shape index (κ3) is 5.47. The molecule has 0 unspecified atom stereocenters. The first-order valence-corrected chi connectivity index (χ1v) is 13.7. The van der Waals surface area contributed by atoms with E-state index in [2.05, 4.69) is 42.9 Å². The van der Waals surface area contributed by atoms with Crippen LogP contribution in [0.4, 0.5) is 11.5 Å². The quantitative estimate of drug-likeness (QED) is 0.321. The Kier molecular flexibility index (Phi) is 7.32. The summed E-state index contributed by atoms with van der Waals surface area (Å²) in [6.45, 7) is 5.97. The predicted octanol–water partition coefficient (Wildman–Crippen LogP) is 3.33. The lowest BCUT2D eigenvalue weighted by Gasteiger charge is -2.32. The number of hydrogen-bond acceptors (Lipinski definition) is 7. The number of pyridine rings is 1. The smallest absolute Gasteiger partial charge is 0.267 e. The minimum atomic E-state index is -0.466. The van der Waals surface area contributed by atoms with Crippen molar-refractivity contribution in [2.75, 3.05) is 50.8 Å². The second-order valence-corrected chi connectivity index (χ2v) is 10.3. The van der Waals surface area contributed by atoms with Gasteiger partial charge in [-0.1, -0.05) is 30.3 Å². The standard InChI is InChI=1S/C31H32N8O2/c1-36-14-16-37(17-15-36)18-19-38-20-26(27-28(32)33-21-34-29(27)38)22-9-11-23(12-10-22)35-30(40)25-8-5-13-39(31(25)41)24-6-3-2-4-7-24/h2-13,20-21H,14-19H2,1H3,(H,35,40)(H2,32,33,34). The molecule has 0 bridgehead atoms. The zero-order valence-electron chi connectivity index (χ0n) is 22.9. The normalized spacial score (nSPS) is 14.4. The molecule has 0 saturated carbocycles. The highest BCUT2D eigenvalue weighted by Crippen LogP contribution is 2.33. The molecule has 1 saturated heterocycles. The van der Waals surface area contributed by atoms with Crippen molar-refractivity contribution >= 4 is 28.4 Å². The van der Waals surface area contributed by atoms with E-state index in [0.717, 1.165) is 61.4 Å². The maximum atomic E-state index is 13.0. The number of para-hydroxylation sites is 1. The van der Waals surface area contributed by atoms with Crippen molar-refractivity contribution < 1.29 is 4.79 Å². The Morgan fingerprint density at radius 2 is 1.68 bits per heavy atom. The van der Waals surface area contributed by atoms with Crippen LogP contribution in [-0.2, 0) is 6.54 Å². The fourth-order valence-corrected chi connectivity index (χ4v) is 5.25. The number of anilines is 2. The first kappa shape index (κ1) is 26.4. The number of likely N-dealkylation sites (N-methyl/N-ethyl adjacent to an activating group) is 1. The van der Waals surface area contributed by atoms with Gasteiger partial charge in [0.15, 0.2) is 0 Å². The topological polar surface area (TPSA) is 114 Å². The van der Waals surface area contributed by atoms with Crippen LogP contribution in [0.5, 0.6) is 0 Å². The van der Waals surface area contributed by atoms with E-state index >= 15 is 0 Å². The van der Waals surface area contributed by atoms with Crippen LogP contribution in [0.2, 0.25) is 0 Å². The maximum Gasteiger partial charge on any atom is 0.267 e. The van der Waals surface area contributed by atoms with Crippen molar-refractivity contribution in [2.45, 2.75) is 6.54 Å². The van der Waals surface area contributed by atoms with Crippen LogP contribution in [-0.4, -0.2) is 74.6 Å². The molecule has 10 heteroatoms. The Bertz CT molecular complexity index is 1740. The second-order valence-electron chi connectivity index (χ2n) is 10.3. The summed E-state index contributed by atoms with van der Waals surface area (Å²) in [5.41, 5.74) is 9.95. The molecule has 1 fully saturated rings. The zero-order valence-corrected chi connectivity index (χ0v) is 22.9. The van der Waals surface area contributed by atoms with E-state index < -0.39 is 5.91 Å². The maximum absolute atomic E-state index is 13.0. The summed E-state index contributed by atoms with van der Waals surface area (Å²) in [6.07, 6.45) is 5.23. The van der Waals surface area contributed by atoms with E-state index in [9.17, 15) is 9.59 Å². The van der Waals surface area contributed by atoms with Gasteiger partial charge in [0.1, 0.15) is 23.4 Å². The highest BCUT2D eigenvalue weighted by molar-refractivity contribution is 6.04. The number of amides is 1. The average molecular weight is 549 g/mol. The van der Waals surface area contributed by atoms with Crippen molar-refractivity contribution in [1.82, 2.24) is 28.9 Å². The van der Waals surface area contributed by atoms with Gasteiger partial charge in [-0.15, -0.1) is 0 Å². The monoisotopic (exact) mass is 548 g/mol. The number of fused-ring (bicyclic) bond motifs is 1. The lowest BCUT2D eigenvalue weighted by molar-refractivity contribution is 0.102. The van der Waals surface area contributed by atoms with Gasteiger partial charge in [0.25, 0.3) is 11.5 Å². The Labute approximate surface area is 237 Å². The third-order valence-electron chi connectivity index (χ3n) is 7.62. The van der Waals surface area contributed by atoms with E-state index in [0.29, 0.717) is 17.2 Å². The minimum absolute atomic E-state index is 0.0637. The van der Waals surface area contributed by atoms with Crippen molar-refractivity contribution in [2.24, 2.45) is 0 Å². The molecule has 3 N–H and O–H groups in total. The summed E-state index contributed by atoms with van der Waals surface area (Å²) < 4.78 is 3.61. The predicted molar refractivity (Wildman–Crippen MR) is 161 cm³/mol. The van der Waals surface area contributed by atoms with Crippen molar-refractivity contribution in [3.8, 4) is 16.8 Å². The molecular formula is C31H32N8O2. The fourth-order valence-electron chi connectivity index (χ4n) is 5.25. The van der Waals surface area contributed by atoms with Crippen LogP contribution >= 0.6 is 0 Å². The highest BCUT2D eigenvalue weighted by Gasteiger charge is 2.18. The molecule has 1 aliphatic heterocycles.